The van der Waals surface area contributed by atoms with Crippen LogP contribution in [0.25, 0.3) is 0 Å². The highest BCUT2D eigenvalue weighted by molar-refractivity contribution is 5.94. The molecule has 0 spiro atoms. The van der Waals surface area contributed by atoms with Crippen LogP contribution >= 0.6 is 0 Å². The minimum atomic E-state index is 0.0874. The number of amides is 1. The maximum atomic E-state index is 13.1. The number of aromatic amines is 1. The fraction of sp³-hybridized carbons (Fsp3) is 0.550. The zero-order valence-corrected chi connectivity index (χ0v) is 15.7. The molecule has 0 aromatic carbocycles. The molecule has 1 N–H and O–H groups in total. The lowest BCUT2D eigenvalue weighted by molar-refractivity contribution is 0.0759. The Morgan fingerprint density at radius 2 is 2.15 bits per heavy atom. The predicted molar refractivity (Wildman–Crippen MR) is 101 cm³/mol. The number of carbonyl (C=O) groups is 1. The quantitative estimate of drug-likeness (QED) is 0.901. The van der Waals surface area contributed by atoms with E-state index in [1.165, 1.54) is 12.1 Å². The predicted octanol–water partition coefficient (Wildman–Crippen LogP) is 2.59. The van der Waals surface area contributed by atoms with Crippen LogP contribution in [0.4, 0.5) is 5.69 Å². The van der Waals surface area contributed by atoms with Crippen LogP contribution in [-0.2, 0) is 12.8 Å². The van der Waals surface area contributed by atoms with Gasteiger partial charge in [-0.15, -0.1) is 0 Å². The Bertz CT molecular complexity index is 799. The summed E-state index contributed by atoms with van der Waals surface area (Å²) in [4.78, 5) is 21.7. The highest BCUT2D eigenvalue weighted by Gasteiger charge is 2.28. The lowest BCUT2D eigenvalue weighted by Gasteiger charge is -2.24. The van der Waals surface area contributed by atoms with Gasteiger partial charge in [0.05, 0.1) is 0 Å². The molecule has 1 amide bonds. The molecule has 6 nitrogen and oxygen atoms in total. The van der Waals surface area contributed by atoms with Crippen LogP contribution in [0.3, 0.4) is 0 Å². The summed E-state index contributed by atoms with van der Waals surface area (Å²) in [6, 6.07) is 4.17. The minimum Gasteiger partial charge on any atom is -0.370 e. The zero-order chi connectivity index (χ0) is 18.1. The molecule has 0 saturated carbocycles. The van der Waals surface area contributed by atoms with E-state index in [2.05, 4.69) is 39.1 Å². The molecule has 1 aliphatic carbocycles. The molecule has 1 atom stereocenters. The number of aryl methyl sites for hydroxylation is 2. The lowest BCUT2D eigenvalue weighted by Crippen LogP contribution is -2.36. The van der Waals surface area contributed by atoms with Crippen molar-refractivity contribution in [2.45, 2.75) is 39.5 Å². The standard InChI is InChI=1S/C20H27N5O/c1-14-4-5-18-17(12-14)19(23-22-18)20(26)25-9-3-8-24(10-11-25)16-6-7-21-15(2)13-16/h6-7,13-14H,3-5,8-12H2,1-2H3,(H,22,23). The number of hydrogen-bond donors (Lipinski definition) is 1. The Kier molecular flexibility index (Phi) is 4.66. The molecule has 1 aliphatic heterocycles. The lowest BCUT2D eigenvalue weighted by atomic mass is 9.87. The first kappa shape index (κ1) is 17.1. The second-order valence-electron chi connectivity index (χ2n) is 7.67. The topological polar surface area (TPSA) is 65.1 Å². The Labute approximate surface area is 154 Å². The second kappa shape index (κ2) is 7.09. The van der Waals surface area contributed by atoms with Crippen molar-refractivity contribution in [2.24, 2.45) is 5.92 Å². The molecule has 0 bridgehead atoms. The third-order valence-corrected chi connectivity index (χ3v) is 5.62. The molecular weight excluding hydrogens is 326 g/mol. The summed E-state index contributed by atoms with van der Waals surface area (Å²) in [7, 11) is 0. The number of pyridine rings is 1. The van der Waals surface area contributed by atoms with Gasteiger partial charge in [0.1, 0.15) is 0 Å². The van der Waals surface area contributed by atoms with Gasteiger partial charge in [-0.2, -0.15) is 5.10 Å². The number of hydrogen-bond acceptors (Lipinski definition) is 4. The molecule has 138 valence electrons. The number of aromatic nitrogens is 3. The van der Waals surface area contributed by atoms with Gasteiger partial charge in [0, 0.05) is 55.0 Å². The van der Waals surface area contributed by atoms with Crippen molar-refractivity contribution < 1.29 is 4.79 Å². The molecule has 2 aromatic rings. The fourth-order valence-electron chi connectivity index (χ4n) is 4.10. The van der Waals surface area contributed by atoms with Crippen LogP contribution < -0.4 is 4.90 Å². The Morgan fingerprint density at radius 3 is 3.00 bits per heavy atom. The summed E-state index contributed by atoms with van der Waals surface area (Å²) >= 11 is 0. The monoisotopic (exact) mass is 353 g/mol. The van der Waals surface area contributed by atoms with E-state index in [9.17, 15) is 4.79 Å². The van der Waals surface area contributed by atoms with Crippen molar-refractivity contribution in [3.05, 3.63) is 41.0 Å². The molecule has 3 heterocycles. The molecule has 1 saturated heterocycles. The highest BCUT2D eigenvalue weighted by Crippen LogP contribution is 2.27. The molecule has 2 aromatic heterocycles. The van der Waals surface area contributed by atoms with Gasteiger partial charge < -0.3 is 9.80 Å². The van der Waals surface area contributed by atoms with Crippen molar-refractivity contribution in [1.29, 1.82) is 0 Å². The summed E-state index contributed by atoms with van der Waals surface area (Å²) < 4.78 is 0. The molecular formula is C20H27N5O. The van der Waals surface area contributed by atoms with Gasteiger partial charge in [0.2, 0.25) is 0 Å². The number of fused-ring (bicyclic) bond motifs is 1. The van der Waals surface area contributed by atoms with Crippen molar-refractivity contribution in [3.8, 4) is 0 Å². The summed E-state index contributed by atoms with van der Waals surface area (Å²) in [6.45, 7) is 7.60. The molecule has 6 heteroatoms. The largest absolute Gasteiger partial charge is 0.370 e. The third-order valence-electron chi connectivity index (χ3n) is 5.62. The van der Waals surface area contributed by atoms with Gasteiger partial charge >= 0.3 is 0 Å². The van der Waals surface area contributed by atoms with Crippen LogP contribution in [-0.4, -0.2) is 52.2 Å². The zero-order valence-electron chi connectivity index (χ0n) is 15.7. The van der Waals surface area contributed by atoms with E-state index in [1.54, 1.807) is 0 Å². The van der Waals surface area contributed by atoms with Crippen molar-refractivity contribution >= 4 is 11.6 Å². The molecule has 0 radical (unpaired) electrons. The number of rotatable bonds is 2. The SMILES string of the molecule is Cc1cc(N2CCCN(C(=O)c3n[nH]c4c3CC(C)CC4)CC2)ccn1. The van der Waals surface area contributed by atoms with Crippen LogP contribution in [0, 0.1) is 12.8 Å². The van der Waals surface area contributed by atoms with Gasteiger partial charge in [-0.05, 0) is 50.7 Å². The van der Waals surface area contributed by atoms with Gasteiger partial charge in [0.15, 0.2) is 5.69 Å². The first-order chi connectivity index (χ1) is 12.6. The Balaban J connectivity index is 1.48. The van der Waals surface area contributed by atoms with Crippen LogP contribution in [0.1, 0.15) is 47.2 Å². The Morgan fingerprint density at radius 1 is 1.27 bits per heavy atom. The van der Waals surface area contributed by atoms with E-state index >= 15 is 0 Å². The summed E-state index contributed by atoms with van der Waals surface area (Å²) in [5.74, 6) is 0.713. The normalized spacial score (nSPS) is 20.6. The molecule has 4 rings (SSSR count). The highest BCUT2D eigenvalue weighted by atomic mass is 16.2. The number of nitrogens with one attached hydrogen (secondary N) is 1. The second-order valence-corrected chi connectivity index (χ2v) is 7.67. The van der Waals surface area contributed by atoms with E-state index in [-0.39, 0.29) is 5.91 Å². The van der Waals surface area contributed by atoms with E-state index < -0.39 is 0 Å². The van der Waals surface area contributed by atoms with Gasteiger partial charge in [-0.3, -0.25) is 14.9 Å². The molecule has 2 aliphatic rings. The minimum absolute atomic E-state index is 0.0874. The first-order valence-electron chi connectivity index (χ1n) is 9.65. The van der Waals surface area contributed by atoms with Crippen LogP contribution in [0.2, 0.25) is 0 Å². The number of H-pyrrole nitrogens is 1. The Hall–Kier alpha value is -2.37. The van der Waals surface area contributed by atoms with Gasteiger partial charge in [-0.25, -0.2) is 0 Å². The van der Waals surface area contributed by atoms with Crippen LogP contribution in [0.5, 0.6) is 0 Å². The number of carbonyl (C=O) groups excluding carboxylic acids is 1. The van der Waals surface area contributed by atoms with Gasteiger partial charge in [0.25, 0.3) is 5.91 Å². The molecule has 1 unspecified atom stereocenters. The fourth-order valence-corrected chi connectivity index (χ4v) is 4.10. The van der Waals surface area contributed by atoms with E-state index in [0.717, 1.165) is 62.4 Å². The summed E-state index contributed by atoms with van der Waals surface area (Å²) in [5.41, 5.74) is 5.18. The smallest absolute Gasteiger partial charge is 0.274 e. The van der Waals surface area contributed by atoms with E-state index in [0.29, 0.717) is 11.6 Å². The van der Waals surface area contributed by atoms with E-state index in [1.807, 2.05) is 18.0 Å². The first-order valence-corrected chi connectivity index (χ1v) is 9.65. The average molecular weight is 353 g/mol. The third kappa shape index (κ3) is 3.32. The number of anilines is 1. The van der Waals surface area contributed by atoms with Gasteiger partial charge in [-0.1, -0.05) is 6.92 Å². The van der Waals surface area contributed by atoms with Crippen molar-refractivity contribution in [1.82, 2.24) is 20.1 Å². The average Bonchev–Trinajstić information content (AvgIpc) is 2.88. The number of nitrogens with zero attached hydrogens (tertiary/aromatic N) is 4. The molecule has 26 heavy (non-hydrogen) atoms. The maximum Gasteiger partial charge on any atom is 0.274 e. The van der Waals surface area contributed by atoms with E-state index in [4.69, 9.17) is 0 Å². The van der Waals surface area contributed by atoms with Crippen LogP contribution in [0.15, 0.2) is 18.3 Å². The molecule has 1 fully saturated rings. The van der Waals surface area contributed by atoms with Crippen molar-refractivity contribution in [3.63, 3.8) is 0 Å². The maximum absolute atomic E-state index is 13.1. The van der Waals surface area contributed by atoms with Crippen molar-refractivity contribution in [2.75, 3.05) is 31.1 Å². The summed E-state index contributed by atoms with van der Waals surface area (Å²) in [5, 5.41) is 7.50. The summed E-state index contributed by atoms with van der Waals surface area (Å²) in [6.07, 6.45) is 5.97.